The first-order chi connectivity index (χ1) is 12.3. The molecule has 0 unspecified atom stereocenters. The van der Waals surface area contributed by atoms with Crippen molar-refractivity contribution < 1.29 is 23.7 Å². The van der Waals surface area contributed by atoms with E-state index in [9.17, 15) is 23.7 Å². The van der Waals surface area contributed by atoms with Gasteiger partial charge < -0.3 is 21.1 Å². The maximum Gasteiger partial charge on any atom is 0.243 e. The van der Waals surface area contributed by atoms with Gasteiger partial charge in [0.2, 0.25) is 17.7 Å². The molecule has 2 rings (SSSR count). The Balaban J connectivity index is 1.97. The quantitative estimate of drug-likeness (QED) is 0.566. The third-order valence-electron chi connectivity index (χ3n) is 4.24. The highest BCUT2D eigenvalue weighted by Crippen LogP contribution is 2.18. The van der Waals surface area contributed by atoms with Crippen LogP contribution in [0.3, 0.4) is 0 Å². The van der Waals surface area contributed by atoms with Crippen LogP contribution in [-0.4, -0.2) is 62.4 Å². The van der Waals surface area contributed by atoms with E-state index < -0.39 is 40.8 Å². The molecule has 0 aromatic heterocycles. The van der Waals surface area contributed by atoms with E-state index in [-0.39, 0.29) is 31.0 Å². The number of carbonyl (C=O) groups is 3. The van der Waals surface area contributed by atoms with Gasteiger partial charge in [-0.15, -0.1) is 0 Å². The van der Waals surface area contributed by atoms with Crippen LogP contribution in [0.2, 0.25) is 0 Å². The Bertz CT molecular complexity index is 697. The maximum atomic E-state index is 12.4. The second-order valence-electron chi connectivity index (χ2n) is 6.19. The Morgan fingerprint density at radius 1 is 1.35 bits per heavy atom. The number of nitrogens with two attached hydrogens (primary N) is 1. The molecule has 1 aromatic carbocycles. The molecule has 142 valence electrons. The van der Waals surface area contributed by atoms with Crippen LogP contribution in [0.15, 0.2) is 35.2 Å². The lowest BCUT2D eigenvalue weighted by Crippen LogP contribution is -2.52. The number of benzene rings is 1. The highest BCUT2D eigenvalue weighted by molar-refractivity contribution is 7.85. The summed E-state index contributed by atoms with van der Waals surface area (Å²) in [5.74, 6) is -1.47. The third kappa shape index (κ3) is 5.12. The summed E-state index contributed by atoms with van der Waals surface area (Å²) >= 11 is 0. The van der Waals surface area contributed by atoms with Crippen molar-refractivity contribution in [3.63, 3.8) is 0 Å². The molecule has 8 nitrogen and oxygen atoms in total. The van der Waals surface area contributed by atoms with Crippen molar-refractivity contribution in [1.82, 2.24) is 10.2 Å². The Morgan fingerprint density at radius 2 is 2.00 bits per heavy atom. The van der Waals surface area contributed by atoms with Crippen LogP contribution in [0.4, 0.5) is 0 Å². The van der Waals surface area contributed by atoms with E-state index in [4.69, 9.17) is 5.73 Å². The summed E-state index contributed by atoms with van der Waals surface area (Å²) in [6, 6.07) is 6.94. The average molecular weight is 381 g/mol. The average Bonchev–Trinajstić information content (AvgIpc) is 3.01. The van der Waals surface area contributed by atoms with Gasteiger partial charge in [0.15, 0.2) is 0 Å². The first-order valence-electron chi connectivity index (χ1n) is 8.28. The number of nitrogens with zero attached hydrogens (tertiary/aromatic N) is 1. The van der Waals surface area contributed by atoms with Crippen molar-refractivity contribution >= 4 is 28.5 Å². The van der Waals surface area contributed by atoms with Gasteiger partial charge in [-0.1, -0.05) is 18.2 Å². The topological polar surface area (TPSA) is 130 Å². The summed E-state index contributed by atoms with van der Waals surface area (Å²) in [6.45, 7) is 1.39. The summed E-state index contributed by atoms with van der Waals surface area (Å²) in [5, 5.41) is 12.2. The van der Waals surface area contributed by atoms with Gasteiger partial charge in [-0.05, 0) is 18.6 Å². The molecule has 1 heterocycles. The third-order valence-corrected chi connectivity index (χ3v) is 5.65. The van der Waals surface area contributed by atoms with Gasteiger partial charge in [-0.25, -0.2) is 0 Å². The molecule has 0 spiro atoms. The summed E-state index contributed by atoms with van der Waals surface area (Å²) in [7, 11) is -1.32. The zero-order chi connectivity index (χ0) is 19.3. The van der Waals surface area contributed by atoms with Crippen molar-refractivity contribution in [2.45, 2.75) is 42.8 Å². The van der Waals surface area contributed by atoms with Gasteiger partial charge in [0.25, 0.3) is 0 Å². The lowest BCUT2D eigenvalue weighted by atomic mass is 10.1. The normalized spacial score (nSPS) is 21.8. The highest BCUT2D eigenvalue weighted by Gasteiger charge is 2.38. The van der Waals surface area contributed by atoms with E-state index in [1.807, 2.05) is 6.07 Å². The largest absolute Gasteiger partial charge is 0.391 e. The summed E-state index contributed by atoms with van der Waals surface area (Å²) in [6.07, 6.45) is -0.572. The van der Waals surface area contributed by atoms with Gasteiger partial charge >= 0.3 is 0 Å². The number of hydrogen-bond donors (Lipinski definition) is 3. The molecule has 26 heavy (non-hydrogen) atoms. The Morgan fingerprint density at radius 3 is 2.58 bits per heavy atom. The summed E-state index contributed by atoms with van der Waals surface area (Å²) in [4.78, 5) is 37.6. The smallest absolute Gasteiger partial charge is 0.243 e. The predicted molar refractivity (Wildman–Crippen MR) is 95.3 cm³/mol. The minimum absolute atomic E-state index is 0.0761. The summed E-state index contributed by atoms with van der Waals surface area (Å²) in [5.41, 5.74) is 5.35. The minimum atomic E-state index is -1.32. The molecule has 9 heteroatoms. The van der Waals surface area contributed by atoms with E-state index in [0.717, 1.165) is 0 Å². The highest BCUT2D eigenvalue weighted by atomic mass is 32.2. The molecule has 0 aliphatic carbocycles. The van der Waals surface area contributed by atoms with Gasteiger partial charge in [-0.2, -0.15) is 0 Å². The number of aliphatic hydroxyl groups excluding tert-OH is 1. The van der Waals surface area contributed by atoms with Crippen LogP contribution in [0, 0.1) is 0 Å². The standard InChI is InChI=1S/C17H23N3O5S/c1-11(21)20-10-12(22)9-15(20)17(24)19-14(16(18)23)7-8-26(25)13-5-3-2-4-6-13/h2-6,12,14-15,22H,7-10H2,1H3,(H2,18,23)(H,19,24)/t12-,14+,15+,26+/m1/s1. The monoisotopic (exact) mass is 381 g/mol. The molecule has 0 radical (unpaired) electrons. The fraction of sp³-hybridized carbons (Fsp3) is 0.471. The van der Waals surface area contributed by atoms with Crippen LogP contribution in [0.1, 0.15) is 19.8 Å². The molecular formula is C17H23N3O5S. The number of likely N-dealkylation sites (tertiary alicyclic amines) is 1. The number of carbonyl (C=O) groups excluding carboxylic acids is 3. The molecular weight excluding hydrogens is 358 g/mol. The van der Waals surface area contributed by atoms with Crippen LogP contribution in [0.5, 0.6) is 0 Å². The van der Waals surface area contributed by atoms with E-state index in [1.165, 1.54) is 11.8 Å². The first-order valence-corrected chi connectivity index (χ1v) is 9.60. The molecule has 1 fully saturated rings. The van der Waals surface area contributed by atoms with Gasteiger partial charge in [0.1, 0.15) is 12.1 Å². The van der Waals surface area contributed by atoms with Gasteiger partial charge in [0.05, 0.1) is 16.9 Å². The Labute approximate surface area is 154 Å². The van der Waals surface area contributed by atoms with Crippen LogP contribution in [0.25, 0.3) is 0 Å². The molecule has 0 bridgehead atoms. The van der Waals surface area contributed by atoms with Crippen molar-refractivity contribution in [3.05, 3.63) is 30.3 Å². The van der Waals surface area contributed by atoms with Gasteiger partial charge in [0, 0.05) is 30.5 Å². The number of hydrogen-bond acceptors (Lipinski definition) is 5. The van der Waals surface area contributed by atoms with Crippen molar-refractivity contribution in [2.75, 3.05) is 12.3 Å². The Kier molecular flexibility index (Phi) is 6.87. The van der Waals surface area contributed by atoms with E-state index in [1.54, 1.807) is 24.3 Å². The van der Waals surface area contributed by atoms with Gasteiger partial charge in [-0.3, -0.25) is 18.6 Å². The van der Waals surface area contributed by atoms with Crippen molar-refractivity contribution in [1.29, 1.82) is 0 Å². The number of aliphatic hydroxyl groups is 1. The number of β-amino-alcohol motifs (C(OH)–C–C–N with tert-alkyl or cyclic N) is 1. The second-order valence-corrected chi connectivity index (χ2v) is 7.76. The lowest BCUT2D eigenvalue weighted by Gasteiger charge is -2.24. The number of nitrogens with one attached hydrogen (secondary N) is 1. The number of amides is 3. The van der Waals surface area contributed by atoms with Crippen LogP contribution >= 0.6 is 0 Å². The number of rotatable bonds is 7. The van der Waals surface area contributed by atoms with Crippen LogP contribution in [-0.2, 0) is 25.2 Å². The molecule has 4 N–H and O–H groups in total. The predicted octanol–water partition coefficient (Wildman–Crippen LogP) is -0.864. The fourth-order valence-electron chi connectivity index (χ4n) is 2.88. The molecule has 3 amide bonds. The molecule has 1 aromatic rings. The molecule has 1 aliphatic rings. The fourth-order valence-corrected chi connectivity index (χ4v) is 4.03. The van der Waals surface area contributed by atoms with E-state index in [0.29, 0.717) is 4.90 Å². The van der Waals surface area contributed by atoms with Crippen LogP contribution < -0.4 is 11.1 Å². The minimum Gasteiger partial charge on any atom is -0.391 e. The number of primary amides is 1. The first kappa shape index (κ1) is 20.1. The molecule has 0 saturated carbocycles. The SMILES string of the molecule is CC(=O)N1C[C@H](O)C[C@H]1C(=O)N[C@@H](CC[S@](=O)c1ccccc1)C(N)=O. The van der Waals surface area contributed by atoms with Crippen molar-refractivity contribution in [2.24, 2.45) is 5.73 Å². The Hall–Kier alpha value is -2.26. The summed E-state index contributed by atoms with van der Waals surface area (Å²) < 4.78 is 12.3. The zero-order valence-corrected chi connectivity index (χ0v) is 15.3. The van der Waals surface area contributed by atoms with E-state index >= 15 is 0 Å². The molecule has 4 atom stereocenters. The zero-order valence-electron chi connectivity index (χ0n) is 14.5. The lowest BCUT2D eigenvalue weighted by molar-refractivity contribution is -0.138. The van der Waals surface area contributed by atoms with E-state index in [2.05, 4.69) is 5.32 Å². The van der Waals surface area contributed by atoms with Crippen molar-refractivity contribution in [3.8, 4) is 0 Å². The maximum absolute atomic E-state index is 12.4. The second kappa shape index (κ2) is 8.91. The molecule has 1 saturated heterocycles. The molecule has 1 aliphatic heterocycles.